The first-order chi connectivity index (χ1) is 16.1. The van der Waals surface area contributed by atoms with Crippen LogP contribution in [0.25, 0.3) is 21.1 Å². The Morgan fingerprint density at radius 1 is 0.970 bits per heavy atom. The first-order valence-corrected chi connectivity index (χ1v) is 12.2. The van der Waals surface area contributed by atoms with Crippen molar-refractivity contribution < 1.29 is 14.3 Å². The average molecular weight is 478 g/mol. The number of anilines is 1. The number of ether oxygens (including phenoxy) is 1. The van der Waals surface area contributed by atoms with Crippen molar-refractivity contribution in [2.45, 2.75) is 13.3 Å². The summed E-state index contributed by atoms with van der Waals surface area (Å²) in [6.07, 6.45) is 0.161. The fraction of sp³-hybridized carbons (Fsp3) is 0.160. The zero-order valence-electron chi connectivity index (χ0n) is 18.0. The fourth-order valence-electron chi connectivity index (χ4n) is 3.18. The summed E-state index contributed by atoms with van der Waals surface area (Å²) in [6.45, 7) is 2.39. The number of hydrogen-bond donors (Lipinski definition) is 2. The van der Waals surface area contributed by atoms with Crippen molar-refractivity contribution in [1.29, 1.82) is 0 Å². The van der Waals surface area contributed by atoms with E-state index in [1.807, 2.05) is 54.8 Å². The van der Waals surface area contributed by atoms with Gasteiger partial charge in [-0.1, -0.05) is 36.4 Å². The Labute approximate surface area is 200 Å². The van der Waals surface area contributed by atoms with Gasteiger partial charge in [-0.3, -0.25) is 9.59 Å². The second-order valence-corrected chi connectivity index (χ2v) is 9.12. The van der Waals surface area contributed by atoms with Crippen LogP contribution < -0.4 is 15.4 Å². The van der Waals surface area contributed by atoms with Crippen molar-refractivity contribution in [1.82, 2.24) is 10.3 Å². The van der Waals surface area contributed by atoms with Crippen molar-refractivity contribution in [2.24, 2.45) is 0 Å². The van der Waals surface area contributed by atoms with E-state index in [9.17, 15) is 9.59 Å². The molecule has 0 aliphatic rings. The lowest BCUT2D eigenvalue weighted by atomic mass is 10.2. The third-order valence-electron chi connectivity index (χ3n) is 4.69. The van der Waals surface area contributed by atoms with E-state index < -0.39 is 0 Å². The van der Waals surface area contributed by atoms with Gasteiger partial charge in [-0.05, 0) is 42.6 Å². The van der Waals surface area contributed by atoms with Crippen LogP contribution in [0.1, 0.15) is 11.8 Å². The van der Waals surface area contributed by atoms with Crippen LogP contribution >= 0.6 is 22.7 Å². The predicted molar refractivity (Wildman–Crippen MR) is 134 cm³/mol. The molecule has 0 spiro atoms. The summed E-state index contributed by atoms with van der Waals surface area (Å²) in [4.78, 5) is 31.6. The van der Waals surface area contributed by atoms with Crippen LogP contribution in [-0.2, 0) is 16.0 Å². The van der Waals surface area contributed by atoms with E-state index in [0.717, 1.165) is 31.8 Å². The van der Waals surface area contributed by atoms with Gasteiger partial charge in [0.05, 0.1) is 30.1 Å². The summed E-state index contributed by atoms with van der Waals surface area (Å²) in [5.74, 6) is 0.225. The van der Waals surface area contributed by atoms with E-state index in [-0.39, 0.29) is 24.8 Å². The van der Waals surface area contributed by atoms with Crippen molar-refractivity contribution in [2.75, 3.05) is 18.5 Å². The largest absolute Gasteiger partial charge is 0.494 e. The van der Waals surface area contributed by atoms with E-state index in [0.29, 0.717) is 12.3 Å². The molecular formula is C25H23N3O3S2. The zero-order valence-corrected chi connectivity index (χ0v) is 19.7. The lowest BCUT2D eigenvalue weighted by molar-refractivity contribution is -0.123. The lowest BCUT2D eigenvalue weighted by Gasteiger charge is -2.08. The fourth-order valence-corrected chi connectivity index (χ4v) is 5.06. The molecule has 8 heteroatoms. The highest BCUT2D eigenvalue weighted by molar-refractivity contribution is 7.17. The summed E-state index contributed by atoms with van der Waals surface area (Å²) in [5.41, 5.74) is 2.48. The van der Waals surface area contributed by atoms with Crippen LogP contribution in [0.2, 0.25) is 0 Å². The summed E-state index contributed by atoms with van der Waals surface area (Å²) in [7, 11) is 0. The molecule has 2 amide bonds. The molecule has 0 radical (unpaired) electrons. The standard InChI is InChI=1S/C25H23N3O3S2/c1-2-31-19-12-10-18(11-13-19)27-23(30)16-26-22(29)15-21-24(20-9-6-14-32-20)28-25(33-21)17-7-4-3-5-8-17/h3-14H,2,15-16H2,1H3,(H,26,29)(H,27,30). The lowest BCUT2D eigenvalue weighted by Crippen LogP contribution is -2.33. The Kier molecular flexibility index (Phi) is 7.49. The van der Waals surface area contributed by atoms with Crippen LogP contribution in [0.3, 0.4) is 0 Å². The minimum Gasteiger partial charge on any atom is -0.494 e. The normalized spacial score (nSPS) is 10.6. The molecule has 6 nitrogen and oxygen atoms in total. The number of thiazole rings is 1. The molecule has 0 bridgehead atoms. The van der Waals surface area contributed by atoms with Crippen LogP contribution in [0.5, 0.6) is 5.75 Å². The van der Waals surface area contributed by atoms with Gasteiger partial charge in [-0.2, -0.15) is 0 Å². The molecule has 4 aromatic rings. The maximum atomic E-state index is 12.6. The Morgan fingerprint density at radius 2 is 1.76 bits per heavy atom. The van der Waals surface area contributed by atoms with Crippen LogP contribution in [0, 0.1) is 0 Å². The van der Waals surface area contributed by atoms with Gasteiger partial charge in [0, 0.05) is 16.1 Å². The van der Waals surface area contributed by atoms with Gasteiger partial charge in [0.1, 0.15) is 10.8 Å². The van der Waals surface area contributed by atoms with Gasteiger partial charge in [0.2, 0.25) is 11.8 Å². The number of nitrogens with one attached hydrogen (secondary N) is 2. The maximum Gasteiger partial charge on any atom is 0.243 e. The molecule has 0 unspecified atom stereocenters. The molecular weight excluding hydrogens is 454 g/mol. The van der Waals surface area contributed by atoms with E-state index >= 15 is 0 Å². The highest BCUT2D eigenvalue weighted by atomic mass is 32.1. The van der Waals surface area contributed by atoms with Gasteiger partial charge in [0.15, 0.2) is 0 Å². The van der Waals surface area contributed by atoms with E-state index in [2.05, 4.69) is 10.6 Å². The molecule has 2 aromatic carbocycles. The number of aromatic nitrogens is 1. The molecule has 0 fully saturated rings. The van der Waals surface area contributed by atoms with Gasteiger partial charge in [-0.25, -0.2) is 4.98 Å². The van der Waals surface area contributed by atoms with Crippen LogP contribution in [-0.4, -0.2) is 29.9 Å². The molecule has 33 heavy (non-hydrogen) atoms. The minimum absolute atomic E-state index is 0.106. The van der Waals surface area contributed by atoms with Crippen LogP contribution in [0.4, 0.5) is 5.69 Å². The molecule has 0 saturated heterocycles. The number of thiophene rings is 1. The summed E-state index contributed by atoms with van der Waals surface area (Å²) in [5, 5.41) is 8.35. The van der Waals surface area contributed by atoms with Gasteiger partial charge >= 0.3 is 0 Å². The number of carbonyl (C=O) groups is 2. The second-order valence-electron chi connectivity index (χ2n) is 7.09. The molecule has 0 atom stereocenters. The topological polar surface area (TPSA) is 80.3 Å². The first kappa shape index (κ1) is 22.7. The monoisotopic (exact) mass is 477 g/mol. The summed E-state index contributed by atoms with van der Waals surface area (Å²) in [6, 6.07) is 21.0. The van der Waals surface area contributed by atoms with E-state index in [4.69, 9.17) is 9.72 Å². The second kappa shape index (κ2) is 10.9. The number of benzene rings is 2. The quantitative estimate of drug-likeness (QED) is 0.346. The smallest absolute Gasteiger partial charge is 0.243 e. The van der Waals surface area contributed by atoms with Crippen molar-refractivity contribution in [3.05, 3.63) is 77.0 Å². The van der Waals surface area contributed by atoms with Crippen molar-refractivity contribution in [3.8, 4) is 26.9 Å². The molecule has 2 aromatic heterocycles. The Balaban J connectivity index is 1.38. The molecule has 0 aliphatic carbocycles. The SMILES string of the molecule is CCOc1ccc(NC(=O)CNC(=O)Cc2sc(-c3ccccc3)nc2-c2cccs2)cc1. The zero-order chi connectivity index (χ0) is 23.0. The molecule has 0 saturated carbocycles. The number of rotatable bonds is 9. The van der Waals surface area contributed by atoms with Crippen LogP contribution in [0.15, 0.2) is 72.1 Å². The Bertz CT molecular complexity index is 1200. The Hall–Kier alpha value is -3.49. The molecule has 2 heterocycles. The third kappa shape index (κ3) is 6.06. The molecule has 4 rings (SSSR count). The average Bonchev–Trinajstić information content (AvgIpc) is 3.50. The minimum atomic E-state index is -0.291. The predicted octanol–water partition coefficient (Wildman–Crippen LogP) is 5.23. The maximum absolute atomic E-state index is 12.6. The number of nitrogens with zero attached hydrogens (tertiary/aromatic N) is 1. The Morgan fingerprint density at radius 3 is 2.45 bits per heavy atom. The van der Waals surface area contributed by atoms with Gasteiger partial charge in [0.25, 0.3) is 0 Å². The number of hydrogen-bond acceptors (Lipinski definition) is 6. The number of carbonyl (C=O) groups excluding carboxylic acids is 2. The number of amides is 2. The molecule has 0 aliphatic heterocycles. The van der Waals surface area contributed by atoms with Gasteiger partial charge in [-0.15, -0.1) is 22.7 Å². The summed E-state index contributed by atoms with van der Waals surface area (Å²) < 4.78 is 5.39. The van der Waals surface area contributed by atoms with Gasteiger partial charge < -0.3 is 15.4 Å². The third-order valence-corrected chi connectivity index (χ3v) is 6.67. The highest BCUT2D eigenvalue weighted by Crippen LogP contribution is 2.36. The van der Waals surface area contributed by atoms with Crippen molar-refractivity contribution in [3.63, 3.8) is 0 Å². The molecule has 168 valence electrons. The van der Waals surface area contributed by atoms with E-state index in [1.54, 1.807) is 35.6 Å². The first-order valence-electron chi connectivity index (χ1n) is 10.5. The summed E-state index contributed by atoms with van der Waals surface area (Å²) >= 11 is 3.09. The van der Waals surface area contributed by atoms with E-state index in [1.165, 1.54) is 11.3 Å². The highest BCUT2D eigenvalue weighted by Gasteiger charge is 2.18. The molecule has 2 N–H and O–H groups in total. The van der Waals surface area contributed by atoms with Crippen molar-refractivity contribution >= 4 is 40.2 Å².